The molecule has 0 bridgehead atoms. The van der Waals surface area contributed by atoms with Crippen molar-refractivity contribution in [3.05, 3.63) is 81.8 Å². The summed E-state index contributed by atoms with van der Waals surface area (Å²) in [6, 6.07) is 10.9. The molecule has 0 aliphatic carbocycles. The third-order valence-electron chi connectivity index (χ3n) is 5.59. The lowest BCUT2D eigenvalue weighted by Gasteiger charge is -2.14. The average molecular weight is 468 g/mol. The summed E-state index contributed by atoms with van der Waals surface area (Å²) >= 11 is 1.39. The highest BCUT2D eigenvalue weighted by molar-refractivity contribution is 7.99. The number of aryl methyl sites for hydroxylation is 1. The third kappa shape index (κ3) is 3.91. The van der Waals surface area contributed by atoms with Crippen LogP contribution in [0.3, 0.4) is 0 Å². The number of hydrogen-bond donors (Lipinski definition) is 1. The van der Waals surface area contributed by atoms with Gasteiger partial charge in [0.05, 0.1) is 17.9 Å². The molecule has 2 aromatic heterocycles. The number of amides is 1. The van der Waals surface area contributed by atoms with Crippen LogP contribution in [0.15, 0.2) is 58.6 Å². The van der Waals surface area contributed by atoms with E-state index >= 15 is 0 Å². The Kier molecular flexibility index (Phi) is 5.45. The van der Waals surface area contributed by atoms with Crippen LogP contribution in [0.25, 0.3) is 16.7 Å². The van der Waals surface area contributed by atoms with Gasteiger partial charge in [0.2, 0.25) is 5.91 Å². The van der Waals surface area contributed by atoms with Crippen molar-refractivity contribution in [2.75, 3.05) is 5.75 Å². The molecule has 0 spiro atoms. The van der Waals surface area contributed by atoms with Crippen LogP contribution in [0.1, 0.15) is 23.6 Å². The van der Waals surface area contributed by atoms with Crippen LogP contribution < -0.4 is 10.9 Å². The minimum absolute atomic E-state index is 0.00470. The Hall–Kier alpha value is -3.53. The number of thioether (sulfide) groups is 1. The number of benzene rings is 2. The van der Waals surface area contributed by atoms with Crippen molar-refractivity contribution in [2.24, 2.45) is 0 Å². The largest absolute Gasteiger partial charge is 0.352 e. The van der Waals surface area contributed by atoms with Gasteiger partial charge >= 0.3 is 0 Å². The smallest absolute Gasteiger partial charge is 0.265 e. The predicted molar refractivity (Wildman–Crippen MR) is 120 cm³/mol. The first kappa shape index (κ1) is 21.3. The summed E-state index contributed by atoms with van der Waals surface area (Å²) in [7, 11) is 0. The van der Waals surface area contributed by atoms with Gasteiger partial charge in [-0.05, 0) is 31.2 Å². The van der Waals surface area contributed by atoms with Gasteiger partial charge in [-0.25, -0.2) is 18.4 Å². The Labute approximate surface area is 191 Å². The maximum absolute atomic E-state index is 13.8. The molecular formula is C23H19F2N5O2S. The monoisotopic (exact) mass is 467 g/mol. The highest BCUT2D eigenvalue weighted by Gasteiger charge is 2.29. The maximum Gasteiger partial charge on any atom is 0.265 e. The van der Waals surface area contributed by atoms with Crippen molar-refractivity contribution in [1.29, 1.82) is 0 Å². The van der Waals surface area contributed by atoms with E-state index in [0.29, 0.717) is 21.9 Å². The maximum atomic E-state index is 13.8. The molecule has 1 atom stereocenters. The van der Waals surface area contributed by atoms with Gasteiger partial charge in [0, 0.05) is 24.3 Å². The molecule has 168 valence electrons. The zero-order valence-electron chi connectivity index (χ0n) is 17.6. The van der Waals surface area contributed by atoms with Crippen molar-refractivity contribution in [2.45, 2.75) is 31.1 Å². The summed E-state index contributed by atoms with van der Waals surface area (Å²) in [5.41, 5.74) is 1.90. The number of carbonyl (C=O) groups excluding carboxylic acids is 1. The average Bonchev–Trinajstić information content (AvgIpc) is 3.39. The second-order valence-corrected chi connectivity index (χ2v) is 8.83. The fraction of sp³-hybridized carbons (Fsp3) is 0.217. The van der Waals surface area contributed by atoms with Gasteiger partial charge in [0.25, 0.3) is 5.56 Å². The van der Waals surface area contributed by atoms with Crippen LogP contribution >= 0.6 is 11.8 Å². The molecule has 33 heavy (non-hydrogen) atoms. The van der Waals surface area contributed by atoms with Crippen molar-refractivity contribution in [1.82, 2.24) is 24.6 Å². The van der Waals surface area contributed by atoms with Crippen molar-refractivity contribution in [3.63, 3.8) is 0 Å². The number of nitrogens with one attached hydrogen (secondary N) is 1. The van der Waals surface area contributed by atoms with E-state index < -0.39 is 23.6 Å². The van der Waals surface area contributed by atoms with Gasteiger partial charge in [-0.15, -0.1) is 0 Å². The van der Waals surface area contributed by atoms with Crippen molar-refractivity contribution in [3.8, 4) is 5.69 Å². The standard InChI is InChI=1S/C23H19F2N5O2S/c1-13-5-7-14(8-6-13)30-21-17(11-27-30)22(32)29-15(12-33-23(29)28-21)9-20(31)26-10-16-18(24)3-2-4-19(16)25/h2-8,11,15H,9-10,12H2,1H3,(H,26,31). The molecular weight excluding hydrogens is 448 g/mol. The van der Waals surface area contributed by atoms with Crippen LogP contribution in [0, 0.1) is 18.6 Å². The molecule has 7 nitrogen and oxygen atoms in total. The topological polar surface area (TPSA) is 81.8 Å². The Balaban J connectivity index is 1.38. The first-order valence-electron chi connectivity index (χ1n) is 10.3. The third-order valence-corrected chi connectivity index (χ3v) is 6.69. The van der Waals surface area contributed by atoms with Gasteiger partial charge in [-0.2, -0.15) is 5.10 Å². The Morgan fingerprint density at radius 3 is 2.64 bits per heavy atom. The van der Waals surface area contributed by atoms with Gasteiger partial charge in [0.15, 0.2) is 10.8 Å². The van der Waals surface area contributed by atoms with E-state index in [0.717, 1.165) is 23.4 Å². The zero-order chi connectivity index (χ0) is 23.1. The number of carbonyl (C=O) groups is 1. The van der Waals surface area contributed by atoms with Crippen LogP contribution in [0.5, 0.6) is 0 Å². The Bertz CT molecular complexity index is 1410. The number of rotatable bonds is 5. The second kappa shape index (κ2) is 8.43. The summed E-state index contributed by atoms with van der Waals surface area (Å²) in [6.07, 6.45) is 1.48. The Morgan fingerprint density at radius 1 is 1.18 bits per heavy atom. The molecule has 1 amide bonds. The molecule has 5 rings (SSSR count). The molecule has 3 heterocycles. The summed E-state index contributed by atoms with van der Waals surface area (Å²) in [6.45, 7) is 1.72. The predicted octanol–water partition coefficient (Wildman–Crippen LogP) is 3.52. The number of fused-ring (bicyclic) bond motifs is 2. The Morgan fingerprint density at radius 2 is 1.91 bits per heavy atom. The molecule has 0 saturated carbocycles. The molecule has 0 fully saturated rings. The summed E-state index contributed by atoms with van der Waals surface area (Å²) in [5.74, 6) is -1.34. The lowest BCUT2D eigenvalue weighted by Crippen LogP contribution is -2.31. The summed E-state index contributed by atoms with van der Waals surface area (Å²) in [4.78, 5) is 30.3. The molecule has 1 aliphatic heterocycles. The summed E-state index contributed by atoms with van der Waals surface area (Å²) < 4.78 is 30.7. The number of aromatic nitrogens is 4. The molecule has 10 heteroatoms. The highest BCUT2D eigenvalue weighted by Crippen LogP contribution is 2.33. The molecule has 1 unspecified atom stereocenters. The molecule has 1 N–H and O–H groups in total. The van der Waals surface area contributed by atoms with E-state index in [2.05, 4.69) is 15.4 Å². The van der Waals surface area contributed by atoms with Crippen LogP contribution in [0.4, 0.5) is 8.78 Å². The molecule has 1 aliphatic rings. The van der Waals surface area contributed by atoms with Gasteiger partial charge in [-0.1, -0.05) is 35.5 Å². The molecule has 4 aromatic rings. The van der Waals surface area contributed by atoms with E-state index in [9.17, 15) is 18.4 Å². The normalized spacial score (nSPS) is 15.1. The fourth-order valence-electron chi connectivity index (χ4n) is 3.83. The fourth-order valence-corrected chi connectivity index (χ4v) is 4.96. The van der Waals surface area contributed by atoms with Crippen LogP contribution in [-0.4, -0.2) is 31.0 Å². The SMILES string of the molecule is Cc1ccc(-n2ncc3c(=O)n4c(nc32)SCC4CC(=O)NCc2c(F)cccc2F)cc1. The lowest BCUT2D eigenvalue weighted by molar-refractivity contribution is -0.121. The van der Waals surface area contributed by atoms with Crippen LogP contribution in [-0.2, 0) is 11.3 Å². The van der Waals surface area contributed by atoms with Crippen LogP contribution in [0.2, 0.25) is 0 Å². The van der Waals surface area contributed by atoms with Crippen molar-refractivity contribution < 1.29 is 13.6 Å². The minimum Gasteiger partial charge on any atom is -0.352 e. The number of hydrogen-bond acceptors (Lipinski definition) is 5. The first-order valence-corrected chi connectivity index (χ1v) is 11.3. The van der Waals surface area contributed by atoms with E-state index in [-0.39, 0.29) is 24.1 Å². The van der Waals surface area contributed by atoms with E-state index in [1.165, 1.54) is 28.6 Å². The molecule has 0 saturated heterocycles. The van der Waals surface area contributed by atoms with Gasteiger partial charge < -0.3 is 5.32 Å². The molecule has 0 radical (unpaired) electrons. The highest BCUT2D eigenvalue weighted by atomic mass is 32.2. The van der Waals surface area contributed by atoms with E-state index in [1.54, 1.807) is 4.68 Å². The quantitative estimate of drug-likeness (QED) is 0.454. The molecule has 2 aromatic carbocycles. The lowest BCUT2D eigenvalue weighted by atomic mass is 10.1. The van der Waals surface area contributed by atoms with E-state index in [1.807, 2.05) is 31.2 Å². The first-order chi connectivity index (χ1) is 15.9. The number of nitrogens with zero attached hydrogens (tertiary/aromatic N) is 4. The zero-order valence-corrected chi connectivity index (χ0v) is 18.4. The second-order valence-electron chi connectivity index (χ2n) is 7.84. The van der Waals surface area contributed by atoms with E-state index in [4.69, 9.17) is 0 Å². The van der Waals surface area contributed by atoms with Crippen molar-refractivity contribution >= 4 is 28.7 Å². The van der Waals surface area contributed by atoms with Gasteiger partial charge in [-0.3, -0.25) is 14.2 Å². The summed E-state index contributed by atoms with van der Waals surface area (Å²) in [5, 5.41) is 7.76. The van der Waals surface area contributed by atoms with Gasteiger partial charge in [0.1, 0.15) is 17.0 Å². The number of halogens is 2. The minimum atomic E-state index is -0.717.